The summed E-state index contributed by atoms with van der Waals surface area (Å²) in [5.41, 5.74) is 1.22. The quantitative estimate of drug-likeness (QED) is 0.666. The molecule has 1 amide bonds. The van der Waals surface area contributed by atoms with Crippen molar-refractivity contribution in [2.24, 2.45) is 0 Å². The molecule has 0 aliphatic carbocycles. The van der Waals surface area contributed by atoms with Gasteiger partial charge in [0, 0.05) is 6.07 Å². The van der Waals surface area contributed by atoms with Gasteiger partial charge in [-0.3, -0.25) is 10.1 Å². The topological polar surface area (TPSA) is 60.5 Å². The van der Waals surface area contributed by atoms with Crippen LogP contribution in [0.2, 0.25) is 0 Å². The maximum atomic E-state index is 13.3. The van der Waals surface area contributed by atoms with E-state index in [2.05, 4.69) is 10.3 Å². The summed E-state index contributed by atoms with van der Waals surface area (Å²) in [5.74, 6) is -1.46. The summed E-state index contributed by atoms with van der Waals surface area (Å²) in [6.45, 7) is 1.64. The summed E-state index contributed by atoms with van der Waals surface area (Å²) in [6.07, 6.45) is 3.82. The van der Waals surface area contributed by atoms with Crippen LogP contribution in [0.25, 0.3) is 16.3 Å². The smallest absolute Gasteiger partial charge is 0.264 e. The number of anilines is 1. The third-order valence-electron chi connectivity index (χ3n) is 3.58. The van der Waals surface area contributed by atoms with Crippen LogP contribution in [0.15, 0.2) is 36.4 Å². The van der Waals surface area contributed by atoms with Gasteiger partial charge in [0.1, 0.15) is 0 Å². The molecule has 3 aromatic rings. The number of hydrogen-bond donors (Lipinski definition) is 1. The van der Waals surface area contributed by atoms with Crippen LogP contribution < -0.4 is 14.8 Å². The van der Waals surface area contributed by atoms with E-state index in [9.17, 15) is 13.6 Å². The normalized spacial score (nSPS) is 11.1. The van der Waals surface area contributed by atoms with Crippen LogP contribution in [-0.4, -0.2) is 24.6 Å². The molecule has 0 fully saturated rings. The number of allylic oxidation sites excluding steroid dienone is 1. The summed E-state index contributed by atoms with van der Waals surface area (Å²) in [4.78, 5) is 16.2. The maximum absolute atomic E-state index is 13.3. The lowest BCUT2D eigenvalue weighted by atomic mass is 10.2. The van der Waals surface area contributed by atoms with E-state index in [1.807, 2.05) is 25.1 Å². The summed E-state index contributed by atoms with van der Waals surface area (Å²) < 4.78 is 37.7. The van der Waals surface area contributed by atoms with Gasteiger partial charge in [0.25, 0.3) is 5.91 Å². The summed E-state index contributed by atoms with van der Waals surface area (Å²) >= 11 is 1.05. The van der Waals surface area contributed by atoms with Gasteiger partial charge in [-0.1, -0.05) is 29.6 Å². The predicted octanol–water partition coefficient (Wildman–Crippen LogP) is 4.63. The minimum absolute atomic E-state index is 0.235. The number of ether oxygens (including phenoxy) is 2. The predicted molar refractivity (Wildman–Crippen MR) is 101 cm³/mol. The van der Waals surface area contributed by atoms with Crippen molar-refractivity contribution >= 4 is 38.7 Å². The average Bonchev–Trinajstić information content (AvgIpc) is 3.01. The first kappa shape index (κ1) is 18.8. The molecule has 0 saturated heterocycles. The summed E-state index contributed by atoms with van der Waals surface area (Å²) in [7, 11) is 1.51. The second kappa shape index (κ2) is 8.13. The second-order valence-electron chi connectivity index (χ2n) is 5.50. The van der Waals surface area contributed by atoms with Gasteiger partial charge < -0.3 is 9.47 Å². The van der Waals surface area contributed by atoms with Gasteiger partial charge in [0.05, 0.1) is 17.3 Å². The van der Waals surface area contributed by atoms with E-state index >= 15 is 0 Å². The van der Waals surface area contributed by atoms with Crippen LogP contribution in [0, 0.1) is 11.6 Å². The highest BCUT2D eigenvalue weighted by Gasteiger charge is 2.13. The van der Waals surface area contributed by atoms with E-state index < -0.39 is 17.5 Å². The zero-order chi connectivity index (χ0) is 19.4. The Morgan fingerprint density at radius 1 is 1.22 bits per heavy atom. The fourth-order valence-electron chi connectivity index (χ4n) is 2.38. The number of aromatic nitrogens is 1. The van der Waals surface area contributed by atoms with E-state index in [0.717, 1.165) is 29.0 Å². The van der Waals surface area contributed by atoms with Crippen LogP contribution in [0.3, 0.4) is 0 Å². The number of rotatable bonds is 6. The third-order valence-corrected chi connectivity index (χ3v) is 4.52. The molecule has 1 N–H and O–H groups in total. The molecular weight excluding hydrogens is 374 g/mol. The first-order valence-corrected chi connectivity index (χ1v) is 8.80. The Kier molecular flexibility index (Phi) is 5.66. The van der Waals surface area contributed by atoms with E-state index in [1.165, 1.54) is 7.11 Å². The number of carbonyl (C=O) groups is 1. The first-order valence-electron chi connectivity index (χ1n) is 7.99. The number of amides is 1. The van der Waals surface area contributed by atoms with Crippen molar-refractivity contribution in [3.63, 3.8) is 0 Å². The first-order chi connectivity index (χ1) is 13.0. The van der Waals surface area contributed by atoms with E-state index in [4.69, 9.17) is 9.47 Å². The molecule has 0 aliphatic heterocycles. The van der Waals surface area contributed by atoms with Gasteiger partial charge >= 0.3 is 0 Å². The monoisotopic (exact) mass is 390 g/mol. The number of fused-ring (bicyclic) bond motifs is 1. The molecule has 0 atom stereocenters. The molecule has 5 nitrogen and oxygen atoms in total. The highest BCUT2D eigenvalue weighted by molar-refractivity contribution is 7.22. The van der Waals surface area contributed by atoms with Gasteiger partial charge in [0.15, 0.2) is 34.9 Å². The Morgan fingerprint density at radius 2 is 2.00 bits per heavy atom. The molecule has 8 heteroatoms. The number of halogens is 2. The molecule has 0 radical (unpaired) electrons. The van der Waals surface area contributed by atoms with E-state index in [1.54, 1.807) is 12.1 Å². The Morgan fingerprint density at radius 3 is 2.74 bits per heavy atom. The second-order valence-corrected chi connectivity index (χ2v) is 6.53. The molecule has 0 unspecified atom stereocenters. The van der Waals surface area contributed by atoms with Crippen molar-refractivity contribution in [1.29, 1.82) is 0 Å². The van der Waals surface area contributed by atoms with Gasteiger partial charge in [-0.05, 0) is 30.7 Å². The minimum Gasteiger partial charge on any atom is -0.493 e. The van der Waals surface area contributed by atoms with Crippen molar-refractivity contribution < 1.29 is 23.0 Å². The summed E-state index contributed by atoms with van der Waals surface area (Å²) in [5, 5.41) is 2.79. The lowest BCUT2D eigenvalue weighted by Gasteiger charge is -2.11. The van der Waals surface area contributed by atoms with E-state index in [0.29, 0.717) is 16.2 Å². The zero-order valence-corrected chi connectivity index (χ0v) is 15.4. The van der Waals surface area contributed by atoms with Gasteiger partial charge in [-0.2, -0.15) is 0 Å². The number of hydrogen-bond acceptors (Lipinski definition) is 5. The van der Waals surface area contributed by atoms with Gasteiger partial charge in [-0.15, -0.1) is 0 Å². The number of nitrogens with zero attached hydrogens (tertiary/aromatic N) is 1. The van der Waals surface area contributed by atoms with Crippen molar-refractivity contribution in [3.8, 4) is 11.5 Å². The van der Waals surface area contributed by atoms with Crippen LogP contribution >= 0.6 is 11.3 Å². The molecule has 1 heterocycles. The molecule has 0 bridgehead atoms. The Hall–Kier alpha value is -3.00. The number of carbonyl (C=O) groups excluding carboxylic acids is 1. The molecule has 3 rings (SSSR count). The van der Waals surface area contributed by atoms with Crippen LogP contribution in [0.1, 0.15) is 12.5 Å². The van der Waals surface area contributed by atoms with Gasteiger partial charge in [0.2, 0.25) is 0 Å². The standard InChI is InChI=1S/C19H16F2N2O3S/c1-3-4-11-5-6-15(16(7-11)25-2)26-10-18(24)23-19-22-14-8-12(20)13(21)9-17(14)27-19/h3-9H,10H2,1-2H3,(H,22,23,24)/b4-3+. The highest BCUT2D eigenvalue weighted by atomic mass is 32.1. The fourth-order valence-corrected chi connectivity index (χ4v) is 3.26. The SMILES string of the molecule is C/C=C/c1ccc(OCC(=O)Nc2nc3cc(F)c(F)cc3s2)c(OC)c1. The highest BCUT2D eigenvalue weighted by Crippen LogP contribution is 2.29. The van der Waals surface area contributed by atoms with Gasteiger partial charge in [-0.25, -0.2) is 13.8 Å². The molecular formula is C19H16F2N2O3S. The lowest BCUT2D eigenvalue weighted by Crippen LogP contribution is -2.20. The molecule has 0 spiro atoms. The Bertz CT molecular complexity index is 979. The molecule has 140 valence electrons. The zero-order valence-electron chi connectivity index (χ0n) is 14.6. The van der Waals surface area contributed by atoms with E-state index in [-0.39, 0.29) is 17.3 Å². The van der Waals surface area contributed by atoms with Crippen molar-refractivity contribution in [3.05, 3.63) is 53.6 Å². The minimum atomic E-state index is -0.984. The van der Waals surface area contributed by atoms with Crippen LogP contribution in [0.5, 0.6) is 11.5 Å². The number of benzene rings is 2. The Balaban J connectivity index is 1.66. The lowest BCUT2D eigenvalue weighted by molar-refractivity contribution is -0.118. The summed E-state index contributed by atoms with van der Waals surface area (Å²) in [6, 6.07) is 7.39. The number of methoxy groups -OCH3 is 1. The molecule has 0 saturated carbocycles. The molecule has 2 aromatic carbocycles. The van der Waals surface area contributed by atoms with Crippen LogP contribution in [-0.2, 0) is 4.79 Å². The number of thiazole rings is 1. The molecule has 1 aromatic heterocycles. The van der Waals surface area contributed by atoms with Crippen molar-refractivity contribution in [1.82, 2.24) is 4.98 Å². The average molecular weight is 390 g/mol. The van der Waals surface area contributed by atoms with Crippen molar-refractivity contribution in [2.45, 2.75) is 6.92 Å². The molecule has 27 heavy (non-hydrogen) atoms. The number of nitrogens with one attached hydrogen (secondary N) is 1. The Labute approximate surface area is 158 Å². The van der Waals surface area contributed by atoms with Crippen molar-refractivity contribution in [2.75, 3.05) is 19.0 Å². The third kappa shape index (κ3) is 4.40. The molecule has 0 aliphatic rings. The largest absolute Gasteiger partial charge is 0.493 e. The fraction of sp³-hybridized carbons (Fsp3) is 0.158. The maximum Gasteiger partial charge on any atom is 0.264 e. The van der Waals surface area contributed by atoms with Crippen LogP contribution in [0.4, 0.5) is 13.9 Å².